The highest BCUT2D eigenvalue weighted by molar-refractivity contribution is 6.00. The zero-order chi connectivity index (χ0) is 19.0. The molecule has 0 amide bonds. The predicted molar refractivity (Wildman–Crippen MR) is 101 cm³/mol. The maximum absolute atomic E-state index is 12.4. The van der Waals surface area contributed by atoms with Crippen molar-refractivity contribution in [2.75, 3.05) is 6.61 Å². The summed E-state index contributed by atoms with van der Waals surface area (Å²) < 4.78 is 6.89. The molecule has 138 valence electrons. The highest BCUT2D eigenvalue weighted by Crippen LogP contribution is 2.22. The van der Waals surface area contributed by atoms with Crippen LogP contribution in [-0.2, 0) is 24.6 Å². The van der Waals surface area contributed by atoms with Crippen molar-refractivity contribution in [2.45, 2.75) is 32.6 Å². The molecule has 1 aromatic carbocycles. The molecular formula is C21H21N3O3. The summed E-state index contributed by atoms with van der Waals surface area (Å²) in [6.07, 6.45) is 5.89. The van der Waals surface area contributed by atoms with Crippen LogP contribution >= 0.6 is 0 Å². The van der Waals surface area contributed by atoms with Crippen molar-refractivity contribution in [2.24, 2.45) is 7.05 Å². The van der Waals surface area contributed by atoms with Gasteiger partial charge in [-0.2, -0.15) is 5.10 Å². The van der Waals surface area contributed by atoms with Crippen molar-refractivity contribution in [3.63, 3.8) is 0 Å². The predicted octanol–water partition coefficient (Wildman–Crippen LogP) is 3.20. The molecule has 0 unspecified atom stereocenters. The topological polar surface area (TPSA) is 74.1 Å². The van der Waals surface area contributed by atoms with E-state index in [-0.39, 0.29) is 12.4 Å². The van der Waals surface area contributed by atoms with E-state index in [1.54, 1.807) is 17.8 Å². The first-order valence-corrected chi connectivity index (χ1v) is 9.14. The molecule has 2 aromatic heterocycles. The monoisotopic (exact) mass is 363 g/mol. The number of rotatable bonds is 4. The molecule has 3 aromatic rings. The molecule has 27 heavy (non-hydrogen) atoms. The molecule has 4 rings (SSSR count). The van der Waals surface area contributed by atoms with Gasteiger partial charge < -0.3 is 4.74 Å². The first-order valence-electron chi connectivity index (χ1n) is 9.14. The maximum atomic E-state index is 12.4. The molecule has 6 nitrogen and oxygen atoms in total. The minimum Gasteiger partial charge on any atom is -0.454 e. The summed E-state index contributed by atoms with van der Waals surface area (Å²) in [5.41, 5.74) is 4.96. The van der Waals surface area contributed by atoms with E-state index in [0.29, 0.717) is 16.8 Å². The van der Waals surface area contributed by atoms with E-state index in [1.807, 2.05) is 25.1 Å². The van der Waals surface area contributed by atoms with Gasteiger partial charge >= 0.3 is 5.97 Å². The molecule has 0 aliphatic heterocycles. The van der Waals surface area contributed by atoms with E-state index in [4.69, 9.17) is 4.74 Å². The fraction of sp³-hybridized carbons (Fsp3) is 0.333. The Morgan fingerprint density at radius 3 is 2.70 bits per heavy atom. The number of ketones is 1. The lowest BCUT2D eigenvalue weighted by atomic mass is 9.90. The number of hydrogen-bond acceptors (Lipinski definition) is 5. The second-order valence-electron chi connectivity index (χ2n) is 6.99. The lowest BCUT2D eigenvalue weighted by Crippen LogP contribution is -2.15. The van der Waals surface area contributed by atoms with Crippen molar-refractivity contribution in [1.29, 1.82) is 0 Å². The smallest absolute Gasteiger partial charge is 0.340 e. The number of carbonyl (C=O) groups excluding carboxylic acids is 2. The highest BCUT2D eigenvalue weighted by atomic mass is 16.5. The fourth-order valence-corrected chi connectivity index (χ4v) is 3.62. The summed E-state index contributed by atoms with van der Waals surface area (Å²) in [5, 5.41) is 5.09. The van der Waals surface area contributed by atoms with Crippen LogP contribution in [0.25, 0.3) is 11.0 Å². The third kappa shape index (κ3) is 3.35. The summed E-state index contributed by atoms with van der Waals surface area (Å²) >= 11 is 0. The molecule has 1 aliphatic rings. The molecular weight excluding hydrogens is 342 g/mol. The number of carbonyl (C=O) groups is 2. The van der Waals surface area contributed by atoms with Gasteiger partial charge in [-0.15, -0.1) is 0 Å². The number of pyridine rings is 1. The van der Waals surface area contributed by atoms with E-state index in [0.717, 1.165) is 30.3 Å². The number of hydrogen-bond donors (Lipinski definition) is 0. The van der Waals surface area contributed by atoms with Crippen molar-refractivity contribution in [3.05, 3.63) is 58.4 Å². The van der Waals surface area contributed by atoms with Crippen molar-refractivity contribution in [1.82, 2.24) is 14.8 Å². The second kappa shape index (κ2) is 6.95. The third-order valence-corrected chi connectivity index (χ3v) is 5.10. The lowest BCUT2D eigenvalue weighted by molar-refractivity contribution is 0.0474. The number of Topliss-reactive ketones (excluding diaryl/α,β-unsaturated/α-hetero) is 1. The molecule has 0 radical (unpaired) electrons. The number of ether oxygens (including phenoxy) is 1. The number of benzene rings is 1. The van der Waals surface area contributed by atoms with E-state index < -0.39 is 5.97 Å². The van der Waals surface area contributed by atoms with Gasteiger partial charge in [-0.05, 0) is 55.9 Å². The van der Waals surface area contributed by atoms with E-state index in [2.05, 4.69) is 10.1 Å². The van der Waals surface area contributed by atoms with Gasteiger partial charge in [0.1, 0.15) is 0 Å². The minimum atomic E-state index is -0.557. The van der Waals surface area contributed by atoms with Crippen LogP contribution in [-0.4, -0.2) is 33.1 Å². The van der Waals surface area contributed by atoms with Crippen LogP contribution in [0, 0.1) is 6.92 Å². The van der Waals surface area contributed by atoms with Gasteiger partial charge in [0.2, 0.25) is 0 Å². The van der Waals surface area contributed by atoms with Crippen LogP contribution in [0.15, 0.2) is 30.5 Å². The standard InChI is InChI=1S/C21H21N3O3/c1-13-18-10-17(11-22-20(18)24(2)23-13)21(26)27-12-19(25)16-8-7-14-5-3-4-6-15(14)9-16/h7-11H,3-6,12H2,1-2H3. The molecule has 6 heteroatoms. The molecule has 0 saturated heterocycles. The Morgan fingerprint density at radius 1 is 1.11 bits per heavy atom. The number of aromatic nitrogens is 3. The zero-order valence-electron chi connectivity index (χ0n) is 15.5. The average Bonchev–Trinajstić information content (AvgIpc) is 2.98. The first kappa shape index (κ1) is 17.4. The molecule has 0 N–H and O–H groups in total. The van der Waals surface area contributed by atoms with Crippen LogP contribution in [0.3, 0.4) is 0 Å². The molecule has 1 aliphatic carbocycles. The molecule has 0 fully saturated rings. The van der Waals surface area contributed by atoms with Crippen molar-refractivity contribution < 1.29 is 14.3 Å². The van der Waals surface area contributed by atoms with E-state index in [1.165, 1.54) is 23.7 Å². The first-order chi connectivity index (χ1) is 13.0. The quantitative estimate of drug-likeness (QED) is 0.526. The number of aryl methyl sites for hydroxylation is 4. The van der Waals surface area contributed by atoms with Crippen molar-refractivity contribution in [3.8, 4) is 0 Å². The normalized spacial score (nSPS) is 13.4. The number of esters is 1. The van der Waals surface area contributed by atoms with E-state index >= 15 is 0 Å². The van der Waals surface area contributed by atoms with Crippen LogP contribution in [0.4, 0.5) is 0 Å². The third-order valence-electron chi connectivity index (χ3n) is 5.10. The summed E-state index contributed by atoms with van der Waals surface area (Å²) in [4.78, 5) is 29.0. The van der Waals surface area contributed by atoms with Crippen LogP contribution in [0.1, 0.15) is 50.4 Å². The van der Waals surface area contributed by atoms with Crippen molar-refractivity contribution >= 4 is 22.8 Å². The fourth-order valence-electron chi connectivity index (χ4n) is 3.62. The Morgan fingerprint density at radius 2 is 1.89 bits per heavy atom. The van der Waals surface area contributed by atoms with Gasteiger partial charge in [-0.1, -0.05) is 12.1 Å². The Kier molecular flexibility index (Phi) is 4.48. The SMILES string of the molecule is Cc1nn(C)c2ncc(C(=O)OCC(=O)c3ccc4c(c3)CCCC4)cc12. The highest BCUT2D eigenvalue weighted by Gasteiger charge is 2.17. The summed E-state index contributed by atoms with van der Waals surface area (Å²) in [6.45, 7) is 1.58. The molecule has 0 atom stereocenters. The van der Waals surface area contributed by atoms with Gasteiger partial charge in [0.15, 0.2) is 18.0 Å². The van der Waals surface area contributed by atoms with Gasteiger partial charge in [0.05, 0.1) is 11.3 Å². The second-order valence-corrected chi connectivity index (χ2v) is 6.99. The summed E-state index contributed by atoms with van der Waals surface area (Å²) in [6, 6.07) is 7.49. The molecule has 0 bridgehead atoms. The molecule has 0 spiro atoms. The Labute approximate surface area is 157 Å². The Balaban J connectivity index is 1.46. The van der Waals surface area contributed by atoms with Crippen LogP contribution < -0.4 is 0 Å². The van der Waals surface area contributed by atoms with E-state index in [9.17, 15) is 9.59 Å². The molecule has 0 saturated carbocycles. The summed E-state index contributed by atoms with van der Waals surface area (Å²) in [5.74, 6) is -0.748. The Bertz CT molecular complexity index is 1050. The Hall–Kier alpha value is -3.02. The van der Waals surface area contributed by atoms with Gasteiger partial charge in [0, 0.05) is 24.2 Å². The van der Waals surface area contributed by atoms with Crippen LogP contribution in [0.2, 0.25) is 0 Å². The lowest BCUT2D eigenvalue weighted by Gasteiger charge is -2.16. The average molecular weight is 363 g/mol. The van der Waals surface area contributed by atoms with Gasteiger partial charge in [-0.25, -0.2) is 9.78 Å². The molecule has 2 heterocycles. The minimum absolute atomic E-state index is 0.191. The van der Waals surface area contributed by atoms with Crippen LogP contribution in [0.5, 0.6) is 0 Å². The zero-order valence-corrected chi connectivity index (χ0v) is 15.5. The largest absolute Gasteiger partial charge is 0.454 e. The summed E-state index contributed by atoms with van der Waals surface area (Å²) in [7, 11) is 1.80. The van der Waals surface area contributed by atoms with Gasteiger partial charge in [-0.3, -0.25) is 9.48 Å². The number of nitrogens with zero attached hydrogens (tertiary/aromatic N) is 3. The van der Waals surface area contributed by atoms with Gasteiger partial charge in [0.25, 0.3) is 0 Å². The maximum Gasteiger partial charge on any atom is 0.340 e. The number of fused-ring (bicyclic) bond motifs is 2.